The van der Waals surface area contributed by atoms with Crippen LogP contribution < -0.4 is 4.90 Å². The van der Waals surface area contributed by atoms with Crippen LogP contribution >= 0.6 is 0 Å². The van der Waals surface area contributed by atoms with Crippen molar-refractivity contribution in [2.24, 2.45) is 0 Å². The van der Waals surface area contributed by atoms with Crippen molar-refractivity contribution >= 4 is 5.69 Å². The molecule has 0 amide bonds. The van der Waals surface area contributed by atoms with E-state index >= 15 is 0 Å². The van der Waals surface area contributed by atoms with E-state index in [9.17, 15) is 13.2 Å². The quantitative estimate of drug-likeness (QED) is 0.947. The zero-order chi connectivity index (χ0) is 15.6. The Morgan fingerprint density at radius 1 is 1.14 bits per heavy atom. The van der Waals surface area contributed by atoms with Crippen LogP contribution in [0, 0.1) is 0 Å². The number of aromatic nitrogens is 2. The van der Waals surface area contributed by atoms with Crippen LogP contribution in [-0.2, 0) is 12.7 Å². The molecule has 0 aliphatic carbocycles. The molecule has 118 valence electrons. The first kappa shape index (κ1) is 14.9. The third-order valence-corrected chi connectivity index (χ3v) is 3.84. The normalized spacial score (nSPS) is 17.0. The number of alkyl halides is 3. The summed E-state index contributed by atoms with van der Waals surface area (Å²) < 4.78 is 38.3. The Balaban J connectivity index is 1.61. The number of hydrogen-bond acceptors (Lipinski definition) is 3. The van der Waals surface area contributed by atoms with Gasteiger partial charge in [-0.3, -0.25) is 4.90 Å². The first-order valence-corrected chi connectivity index (χ1v) is 7.15. The second kappa shape index (κ2) is 6.00. The average Bonchev–Trinajstić information content (AvgIpc) is 3.00. The fraction of sp³-hybridized carbons (Fsp3) is 0.400. The van der Waals surface area contributed by atoms with Crippen LogP contribution in [0.5, 0.6) is 0 Å². The molecule has 1 aromatic heterocycles. The summed E-state index contributed by atoms with van der Waals surface area (Å²) in [4.78, 5) is 11.5. The molecule has 1 aliphatic heterocycles. The fourth-order valence-electron chi connectivity index (χ4n) is 2.64. The highest BCUT2D eigenvalue weighted by molar-refractivity contribution is 5.49. The highest BCUT2D eigenvalue weighted by atomic mass is 19.4. The Morgan fingerprint density at radius 2 is 1.91 bits per heavy atom. The summed E-state index contributed by atoms with van der Waals surface area (Å²) in [5.41, 5.74) is 0.0375. The van der Waals surface area contributed by atoms with Gasteiger partial charge in [0.1, 0.15) is 5.82 Å². The Bertz CT molecular complexity index is 602. The van der Waals surface area contributed by atoms with Gasteiger partial charge in [-0.25, -0.2) is 4.98 Å². The van der Waals surface area contributed by atoms with E-state index in [1.807, 2.05) is 4.90 Å². The van der Waals surface area contributed by atoms with Gasteiger partial charge >= 0.3 is 6.18 Å². The summed E-state index contributed by atoms with van der Waals surface area (Å²) in [5.74, 6) is 0.910. The number of nitrogens with one attached hydrogen (secondary N) is 1. The van der Waals surface area contributed by atoms with E-state index in [4.69, 9.17) is 0 Å². The number of H-pyrrole nitrogens is 1. The van der Waals surface area contributed by atoms with Crippen LogP contribution in [0.3, 0.4) is 0 Å². The Labute approximate surface area is 126 Å². The average molecular weight is 310 g/mol. The monoisotopic (exact) mass is 310 g/mol. The third kappa shape index (κ3) is 3.41. The molecule has 1 aromatic carbocycles. The number of benzene rings is 1. The van der Waals surface area contributed by atoms with Crippen molar-refractivity contribution < 1.29 is 13.2 Å². The first-order chi connectivity index (χ1) is 10.5. The summed E-state index contributed by atoms with van der Waals surface area (Å²) in [6.45, 7) is 3.77. The van der Waals surface area contributed by atoms with Gasteiger partial charge in [0.25, 0.3) is 0 Å². The number of hydrogen-bond donors (Lipinski definition) is 1. The zero-order valence-corrected chi connectivity index (χ0v) is 12.0. The maximum Gasteiger partial charge on any atom is 0.416 e. The van der Waals surface area contributed by atoms with Gasteiger partial charge in [0.2, 0.25) is 0 Å². The molecule has 0 radical (unpaired) electrons. The lowest BCUT2D eigenvalue weighted by Crippen LogP contribution is -2.46. The van der Waals surface area contributed by atoms with E-state index in [1.165, 1.54) is 12.1 Å². The van der Waals surface area contributed by atoms with E-state index in [2.05, 4.69) is 14.9 Å². The SMILES string of the molecule is FC(F)(F)c1cccc(N2CCN(Cc3ncc[nH]3)CC2)c1. The van der Waals surface area contributed by atoms with Crippen LogP contribution in [0.25, 0.3) is 0 Å². The van der Waals surface area contributed by atoms with Crippen LogP contribution in [-0.4, -0.2) is 41.0 Å². The third-order valence-electron chi connectivity index (χ3n) is 3.84. The van der Waals surface area contributed by atoms with Gasteiger partial charge in [0, 0.05) is 44.3 Å². The van der Waals surface area contributed by atoms with E-state index in [-0.39, 0.29) is 0 Å². The van der Waals surface area contributed by atoms with Gasteiger partial charge in [-0.1, -0.05) is 6.07 Å². The molecule has 0 spiro atoms. The van der Waals surface area contributed by atoms with Gasteiger partial charge in [0.05, 0.1) is 12.1 Å². The molecule has 1 N–H and O–H groups in total. The highest BCUT2D eigenvalue weighted by Gasteiger charge is 2.31. The molecular formula is C15H17F3N4. The Kier molecular flexibility index (Phi) is 4.06. The summed E-state index contributed by atoms with van der Waals surface area (Å²) in [6, 6.07) is 5.53. The van der Waals surface area contributed by atoms with Crippen LogP contribution in [0.2, 0.25) is 0 Å². The topological polar surface area (TPSA) is 35.2 Å². The minimum Gasteiger partial charge on any atom is -0.369 e. The molecule has 3 rings (SSSR count). The molecule has 2 heterocycles. The summed E-state index contributed by atoms with van der Waals surface area (Å²) in [5, 5.41) is 0. The highest BCUT2D eigenvalue weighted by Crippen LogP contribution is 2.31. The predicted octanol–water partition coefficient (Wildman–Crippen LogP) is 2.75. The van der Waals surface area contributed by atoms with E-state index in [0.29, 0.717) is 18.8 Å². The van der Waals surface area contributed by atoms with Gasteiger partial charge in [-0.2, -0.15) is 13.2 Å². The maximum absolute atomic E-state index is 12.8. The number of piperazine rings is 1. The van der Waals surface area contributed by atoms with Crippen LogP contribution in [0.1, 0.15) is 11.4 Å². The van der Waals surface area contributed by atoms with Crippen molar-refractivity contribution in [3.05, 3.63) is 48.0 Å². The smallest absolute Gasteiger partial charge is 0.369 e. The first-order valence-electron chi connectivity index (χ1n) is 7.15. The molecule has 1 saturated heterocycles. The van der Waals surface area contributed by atoms with Crippen molar-refractivity contribution in [3.63, 3.8) is 0 Å². The van der Waals surface area contributed by atoms with Crippen LogP contribution in [0.15, 0.2) is 36.7 Å². The molecule has 1 fully saturated rings. The van der Waals surface area contributed by atoms with Crippen molar-refractivity contribution in [3.8, 4) is 0 Å². The van der Waals surface area contributed by atoms with E-state index < -0.39 is 11.7 Å². The summed E-state index contributed by atoms with van der Waals surface area (Å²) in [7, 11) is 0. The van der Waals surface area contributed by atoms with Gasteiger partial charge in [-0.15, -0.1) is 0 Å². The predicted molar refractivity (Wildman–Crippen MR) is 77.5 cm³/mol. The summed E-state index contributed by atoms with van der Waals surface area (Å²) >= 11 is 0. The fourth-order valence-corrected chi connectivity index (χ4v) is 2.64. The minimum atomic E-state index is -4.29. The number of anilines is 1. The molecule has 2 aromatic rings. The maximum atomic E-state index is 12.8. The zero-order valence-electron chi connectivity index (χ0n) is 12.0. The standard InChI is InChI=1S/C15H17F3N4/c16-15(17,18)12-2-1-3-13(10-12)22-8-6-21(7-9-22)11-14-19-4-5-20-14/h1-5,10H,6-9,11H2,(H,19,20). The number of nitrogens with zero attached hydrogens (tertiary/aromatic N) is 3. The molecule has 0 atom stereocenters. The van der Waals surface area contributed by atoms with Crippen molar-refractivity contribution in [2.45, 2.75) is 12.7 Å². The Morgan fingerprint density at radius 3 is 2.55 bits per heavy atom. The lowest BCUT2D eigenvalue weighted by molar-refractivity contribution is -0.137. The molecule has 1 aliphatic rings. The largest absolute Gasteiger partial charge is 0.416 e. The molecule has 7 heteroatoms. The number of rotatable bonds is 3. The van der Waals surface area contributed by atoms with Crippen molar-refractivity contribution in [1.29, 1.82) is 0 Å². The van der Waals surface area contributed by atoms with Gasteiger partial charge in [0.15, 0.2) is 0 Å². The lowest BCUT2D eigenvalue weighted by Gasteiger charge is -2.35. The van der Waals surface area contributed by atoms with Crippen LogP contribution in [0.4, 0.5) is 18.9 Å². The molecule has 22 heavy (non-hydrogen) atoms. The number of aromatic amines is 1. The molecule has 0 unspecified atom stereocenters. The van der Waals surface area contributed by atoms with Crippen molar-refractivity contribution in [1.82, 2.24) is 14.9 Å². The Hall–Kier alpha value is -2.02. The van der Waals surface area contributed by atoms with Gasteiger partial charge in [-0.05, 0) is 18.2 Å². The molecule has 4 nitrogen and oxygen atoms in total. The second-order valence-electron chi connectivity index (χ2n) is 5.35. The summed E-state index contributed by atoms with van der Waals surface area (Å²) in [6.07, 6.45) is -0.792. The second-order valence-corrected chi connectivity index (χ2v) is 5.35. The van der Waals surface area contributed by atoms with Gasteiger partial charge < -0.3 is 9.88 Å². The van der Waals surface area contributed by atoms with E-state index in [0.717, 1.165) is 31.5 Å². The van der Waals surface area contributed by atoms with E-state index in [1.54, 1.807) is 18.5 Å². The van der Waals surface area contributed by atoms with Crippen molar-refractivity contribution in [2.75, 3.05) is 31.1 Å². The minimum absolute atomic E-state index is 0.594. The molecular weight excluding hydrogens is 293 g/mol. The number of halogens is 3. The molecule has 0 saturated carbocycles. The number of imidazole rings is 1. The molecule has 0 bridgehead atoms. The lowest BCUT2D eigenvalue weighted by atomic mass is 10.1.